The number of hydrogen-bond donors (Lipinski definition) is 1. The van der Waals surface area contributed by atoms with Crippen molar-refractivity contribution in [1.29, 1.82) is 0 Å². The maximum absolute atomic E-state index is 12.0. The summed E-state index contributed by atoms with van der Waals surface area (Å²) < 4.78 is 1.69. The third-order valence-corrected chi connectivity index (χ3v) is 3.10. The summed E-state index contributed by atoms with van der Waals surface area (Å²) in [6.45, 7) is 6.45. The Morgan fingerprint density at radius 3 is 2.88 bits per heavy atom. The molecule has 2 aromatic heterocycles. The number of amides is 1. The van der Waals surface area contributed by atoms with Gasteiger partial charge in [-0.25, -0.2) is 4.98 Å². The highest BCUT2D eigenvalue weighted by atomic mass is 32.1. The number of thiazole rings is 1. The van der Waals surface area contributed by atoms with Gasteiger partial charge >= 0.3 is 0 Å². The van der Waals surface area contributed by atoms with Crippen molar-refractivity contribution < 1.29 is 4.79 Å². The third kappa shape index (κ3) is 2.52. The molecule has 0 radical (unpaired) electrons. The number of nitrogens with one attached hydrogen (secondary N) is 1. The van der Waals surface area contributed by atoms with Crippen molar-refractivity contribution in [3.63, 3.8) is 0 Å². The molecule has 0 aliphatic heterocycles. The predicted octanol–water partition coefficient (Wildman–Crippen LogP) is 2.23. The molecule has 0 bridgehead atoms. The van der Waals surface area contributed by atoms with E-state index in [9.17, 15) is 4.79 Å². The normalized spacial score (nSPS) is 10.5. The smallest absolute Gasteiger partial charge is 0.275 e. The van der Waals surface area contributed by atoms with Gasteiger partial charge in [0, 0.05) is 17.6 Å². The summed E-state index contributed by atoms with van der Waals surface area (Å²) in [7, 11) is 0. The SMILES string of the molecule is CCn1nc(C)cc1C(=O)Nc1ncc(C)s1. The molecule has 1 N–H and O–H groups in total. The molecule has 2 rings (SSSR count). The first kappa shape index (κ1) is 11.8. The van der Waals surface area contributed by atoms with Crippen molar-refractivity contribution in [3.8, 4) is 0 Å². The van der Waals surface area contributed by atoms with Crippen LogP contribution in [0.1, 0.15) is 28.0 Å². The molecule has 0 aliphatic carbocycles. The number of rotatable bonds is 3. The summed E-state index contributed by atoms with van der Waals surface area (Å²) in [6.07, 6.45) is 1.74. The van der Waals surface area contributed by atoms with E-state index in [1.165, 1.54) is 11.3 Å². The van der Waals surface area contributed by atoms with Crippen LogP contribution in [0.2, 0.25) is 0 Å². The molecule has 0 fully saturated rings. The molecular weight excluding hydrogens is 236 g/mol. The van der Waals surface area contributed by atoms with Crippen LogP contribution >= 0.6 is 11.3 Å². The largest absolute Gasteiger partial charge is 0.296 e. The van der Waals surface area contributed by atoms with E-state index >= 15 is 0 Å². The number of hydrogen-bond acceptors (Lipinski definition) is 4. The van der Waals surface area contributed by atoms with Gasteiger partial charge in [-0.3, -0.25) is 14.8 Å². The number of anilines is 1. The molecule has 0 unspecified atom stereocenters. The van der Waals surface area contributed by atoms with Gasteiger partial charge in [-0.15, -0.1) is 11.3 Å². The Morgan fingerprint density at radius 1 is 1.53 bits per heavy atom. The first-order chi connectivity index (χ1) is 8.10. The van der Waals surface area contributed by atoms with Crippen molar-refractivity contribution in [2.24, 2.45) is 0 Å². The standard InChI is InChI=1S/C11H14N4OS/c1-4-15-9(5-7(2)14-15)10(16)13-11-12-6-8(3)17-11/h5-6H,4H2,1-3H3,(H,12,13,16). The second kappa shape index (κ2) is 4.67. The predicted molar refractivity (Wildman–Crippen MR) is 67.4 cm³/mol. The van der Waals surface area contributed by atoms with E-state index in [-0.39, 0.29) is 5.91 Å². The van der Waals surface area contributed by atoms with Crippen molar-refractivity contribution in [2.45, 2.75) is 27.3 Å². The van der Waals surface area contributed by atoms with Crippen molar-refractivity contribution >= 4 is 22.4 Å². The maximum Gasteiger partial charge on any atom is 0.275 e. The Hall–Kier alpha value is -1.69. The molecule has 0 atom stereocenters. The number of nitrogens with zero attached hydrogens (tertiary/aromatic N) is 3. The molecule has 6 heteroatoms. The number of aromatic nitrogens is 3. The van der Waals surface area contributed by atoms with Gasteiger partial charge in [0.15, 0.2) is 5.13 Å². The van der Waals surface area contributed by atoms with E-state index in [4.69, 9.17) is 0 Å². The van der Waals surface area contributed by atoms with Crippen LogP contribution in [-0.2, 0) is 6.54 Å². The van der Waals surface area contributed by atoms with E-state index in [1.807, 2.05) is 20.8 Å². The van der Waals surface area contributed by atoms with Gasteiger partial charge in [-0.05, 0) is 26.8 Å². The molecule has 5 nitrogen and oxygen atoms in total. The fraction of sp³-hybridized carbons (Fsp3) is 0.364. The Kier molecular flexibility index (Phi) is 3.23. The minimum absolute atomic E-state index is 0.165. The summed E-state index contributed by atoms with van der Waals surface area (Å²) >= 11 is 1.46. The van der Waals surface area contributed by atoms with E-state index in [0.29, 0.717) is 17.4 Å². The van der Waals surface area contributed by atoms with Crippen LogP contribution < -0.4 is 5.32 Å². The topological polar surface area (TPSA) is 59.8 Å². The molecule has 2 heterocycles. The van der Waals surface area contributed by atoms with Gasteiger partial charge in [0.2, 0.25) is 0 Å². The third-order valence-electron chi connectivity index (χ3n) is 2.28. The van der Waals surface area contributed by atoms with Gasteiger partial charge in [-0.2, -0.15) is 5.10 Å². The van der Waals surface area contributed by atoms with E-state index in [0.717, 1.165) is 10.6 Å². The van der Waals surface area contributed by atoms with E-state index < -0.39 is 0 Å². The van der Waals surface area contributed by atoms with Crippen molar-refractivity contribution in [2.75, 3.05) is 5.32 Å². The van der Waals surface area contributed by atoms with E-state index in [1.54, 1.807) is 16.9 Å². The molecule has 0 saturated carbocycles. The van der Waals surface area contributed by atoms with Crippen LogP contribution in [0.3, 0.4) is 0 Å². The average Bonchev–Trinajstić information content (AvgIpc) is 2.84. The molecule has 90 valence electrons. The van der Waals surface area contributed by atoms with Crippen LogP contribution in [0.5, 0.6) is 0 Å². The first-order valence-corrected chi connectivity index (χ1v) is 6.20. The molecular formula is C11H14N4OS. The molecule has 0 aromatic carbocycles. The summed E-state index contributed by atoms with van der Waals surface area (Å²) in [4.78, 5) is 17.2. The second-order valence-electron chi connectivity index (χ2n) is 3.72. The fourth-order valence-electron chi connectivity index (χ4n) is 1.54. The van der Waals surface area contributed by atoms with Crippen LogP contribution in [-0.4, -0.2) is 20.7 Å². The minimum Gasteiger partial charge on any atom is -0.296 e. The van der Waals surface area contributed by atoms with E-state index in [2.05, 4.69) is 15.4 Å². The highest BCUT2D eigenvalue weighted by Crippen LogP contribution is 2.17. The minimum atomic E-state index is -0.165. The zero-order chi connectivity index (χ0) is 12.4. The fourth-order valence-corrected chi connectivity index (χ4v) is 2.20. The zero-order valence-electron chi connectivity index (χ0n) is 10.0. The first-order valence-electron chi connectivity index (χ1n) is 5.38. The van der Waals surface area contributed by atoms with Gasteiger partial charge in [0.1, 0.15) is 5.69 Å². The van der Waals surface area contributed by atoms with Gasteiger partial charge in [-0.1, -0.05) is 0 Å². The number of aryl methyl sites for hydroxylation is 3. The van der Waals surface area contributed by atoms with Crippen LogP contribution in [0.25, 0.3) is 0 Å². The number of carbonyl (C=O) groups excluding carboxylic acids is 1. The number of carbonyl (C=O) groups is 1. The summed E-state index contributed by atoms with van der Waals surface area (Å²) in [5, 5.41) is 7.63. The second-order valence-corrected chi connectivity index (χ2v) is 4.95. The highest BCUT2D eigenvalue weighted by molar-refractivity contribution is 7.15. The Labute approximate surface area is 103 Å². The quantitative estimate of drug-likeness (QED) is 0.908. The van der Waals surface area contributed by atoms with Gasteiger partial charge in [0.25, 0.3) is 5.91 Å². The molecule has 0 spiro atoms. The maximum atomic E-state index is 12.0. The average molecular weight is 250 g/mol. The molecule has 1 amide bonds. The zero-order valence-corrected chi connectivity index (χ0v) is 10.8. The van der Waals surface area contributed by atoms with Crippen molar-refractivity contribution in [3.05, 3.63) is 28.5 Å². The van der Waals surface area contributed by atoms with Crippen molar-refractivity contribution in [1.82, 2.24) is 14.8 Å². The Morgan fingerprint density at radius 2 is 2.29 bits per heavy atom. The van der Waals surface area contributed by atoms with Gasteiger partial charge in [0.05, 0.1) is 5.69 Å². The van der Waals surface area contributed by atoms with Crippen LogP contribution in [0, 0.1) is 13.8 Å². The molecule has 0 saturated heterocycles. The lowest BCUT2D eigenvalue weighted by atomic mass is 10.3. The molecule has 2 aromatic rings. The Bertz CT molecular complexity index is 543. The Balaban J connectivity index is 2.19. The molecule has 17 heavy (non-hydrogen) atoms. The summed E-state index contributed by atoms with van der Waals surface area (Å²) in [5.74, 6) is -0.165. The monoisotopic (exact) mass is 250 g/mol. The van der Waals surface area contributed by atoms with Crippen LogP contribution in [0.4, 0.5) is 5.13 Å². The summed E-state index contributed by atoms with van der Waals surface area (Å²) in [5.41, 5.74) is 1.41. The summed E-state index contributed by atoms with van der Waals surface area (Å²) in [6, 6.07) is 1.78. The van der Waals surface area contributed by atoms with Gasteiger partial charge < -0.3 is 0 Å². The highest BCUT2D eigenvalue weighted by Gasteiger charge is 2.14. The van der Waals surface area contributed by atoms with Crippen LogP contribution in [0.15, 0.2) is 12.3 Å². The lowest BCUT2D eigenvalue weighted by Gasteiger charge is -2.03. The lowest BCUT2D eigenvalue weighted by Crippen LogP contribution is -2.17. The molecule has 0 aliphatic rings. The lowest BCUT2D eigenvalue weighted by molar-refractivity contribution is 0.101.